The first-order chi connectivity index (χ1) is 13.5. The van der Waals surface area contributed by atoms with E-state index in [0.717, 1.165) is 0 Å². The van der Waals surface area contributed by atoms with Crippen molar-refractivity contribution in [2.75, 3.05) is 13.1 Å². The van der Waals surface area contributed by atoms with Crippen LogP contribution in [0.15, 0.2) is 0 Å². The van der Waals surface area contributed by atoms with E-state index >= 15 is 0 Å². The van der Waals surface area contributed by atoms with E-state index in [2.05, 4.69) is 16.0 Å². The first-order valence-corrected chi connectivity index (χ1v) is 8.95. The summed E-state index contributed by atoms with van der Waals surface area (Å²) in [5.74, 6) is -5.36. The summed E-state index contributed by atoms with van der Waals surface area (Å²) in [6.07, 6.45) is -0.871. The molecule has 0 spiro atoms. The van der Waals surface area contributed by atoms with E-state index in [9.17, 15) is 29.1 Å². The highest BCUT2D eigenvalue weighted by Gasteiger charge is 2.28. The topological polar surface area (TPSA) is 234 Å². The van der Waals surface area contributed by atoms with Crippen molar-refractivity contribution >= 4 is 29.7 Å². The number of carboxylic acid groups (broad SMARTS) is 2. The highest BCUT2D eigenvalue weighted by atomic mass is 16.4. The zero-order chi connectivity index (χ0) is 22.6. The van der Waals surface area contributed by atoms with Crippen LogP contribution in [0.2, 0.25) is 0 Å². The Hall–Kier alpha value is -2.77. The molecule has 0 heterocycles. The monoisotopic (exact) mass is 419 g/mol. The first kappa shape index (κ1) is 26.2. The third kappa shape index (κ3) is 11.0. The number of rotatable bonds is 14. The largest absolute Gasteiger partial charge is 0.481 e. The van der Waals surface area contributed by atoms with Gasteiger partial charge in [-0.1, -0.05) is 0 Å². The molecule has 0 aromatic carbocycles. The second-order valence-corrected chi connectivity index (χ2v) is 6.39. The highest BCUT2D eigenvalue weighted by Crippen LogP contribution is 2.03. The van der Waals surface area contributed by atoms with Crippen molar-refractivity contribution in [2.24, 2.45) is 11.5 Å². The molecular formula is C16H29N5O8. The Balaban J connectivity index is 4.95. The van der Waals surface area contributed by atoms with Gasteiger partial charge in [0.1, 0.15) is 18.1 Å². The van der Waals surface area contributed by atoms with Crippen LogP contribution in [-0.2, 0) is 24.0 Å². The van der Waals surface area contributed by atoms with Gasteiger partial charge in [0.15, 0.2) is 0 Å². The smallest absolute Gasteiger partial charge is 0.326 e. The summed E-state index contributed by atoms with van der Waals surface area (Å²) in [5, 5.41) is 33.6. The van der Waals surface area contributed by atoms with Crippen molar-refractivity contribution in [1.29, 1.82) is 0 Å². The molecule has 0 fully saturated rings. The molecule has 0 aliphatic carbocycles. The summed E-state index contributed by atoms with van der Waals surface area (Å²) >= 11 is 0. The summed E-state index contributed by atoms with van der Waals surface area (Å²) in [4.78, 5) is 57.9. The SMILES string of the molecule is CC(O)C(N)C(=O)NCC(=O)NC(CCCCN)C(=O)NC(CC(=O)O)C(=O)O. The summed E-state index contributed by atoms with van der Waals surface area (Å²) in [6, 6.07) is -4.07. The molecule has 29 heavy (non-hydrogen) atoms. The maximum absolute atomic E-state index is 12.4. The van der Waals surface area contributed by atoms with Gasteiger partial charge in [-0.3, -0.25) is 19.2 Å². The van der Waals surface area contributed by atoms with Crippen LogP contribution in [0, 0.1) is 0 Å². The van der Waals surface area contributed by atoms with E-state index in [1.807, 2.05) is 0 Å². The van der Waals surface area contributed by atoms with Gasteiger partial charge in [-0.15, -0.1) is 0 Å². The van der Waals surface area contributed by atoms with Gasteiger partial charge < -0.3 is 42.7 Å². The summed E-state index contributed by atoms with van der Waals surface area (Å²) in [5.41, 5.74) is 10.8. The number of hydrogen-bond acceptors (Lipinski definition) is 8. The van der Waals surface area contributed by atoms with Crippen LogP contribution in [0.25, 0.3) is 0 Å². The molecule has 0 bridgehead atoms. The number of aliphatic hydroxyl groups is 1. The van der Waals surface area contributed by atoms with Crippen molar-refractivity contribution in [3.05, 3.63) is 0 Å². The first-order valence-electron chi connectivity index (χ1n) is 8.95. The normalized spacial score (nSPS) is 14.8. The number of aliphatic carboxylic acids is 2. The summed E-state index contributed by atoms with van der Waals surface area (Å²) in [7, 11) is 0. The number of aliphatic hydroxyl groups excluding tert-OH is 1. The number of nitrogens with one attached hydrogen (secondary N) is 3. The van der Waals surface area contributed by atoms with Crippen LogP contribution in [-0.4, -0.2) is 82.3 Å². The molecule has 0 saturated carbocycles. The van der Waals surface area contributed by atoms with Gasteiger partial charge in [-0.05, 0) is 32.7 Å². The fourth-order valence-electron chi connectivity index (χ4n) is 2.16. The van der Waals surface area contributed by atoms with E-state index in [-0.39, 0.29) is 6.42 Å². The zero-order valence-corrected chi connectivity index (χ0v) is 16.1. The molecule has 0 aliphatic heterocycles. The number of carbonyl (C=O) groups excluding carboxylic acids is 3. The minimum atomic E-state index is -1.67. The van der Waals surface area contributed by atoms with Gasteiger partial charge in [-0.25, -0.2) is 4.79 Å². The van der Waals surface area contributed by atoms with E-state index in [1.54, 1.807) is 0 Å². The molecular weight excluding hydrogens is 390 g/mol. The lowest BCUT2D eigenvalue weighted by Gasteiger charge is -2.21. The quantitative estimate of drug-likeness (QED) is 0.129. The minimum Gasteiger partial charge on any atom is -0.481 e. The maximum atomic E-state index is 12.4. The molecule has 10 N–H and O–H groups in total. The maximum Gasteiger partial charge on any atom is 0.326 e. The number of unbranched alkanes of at least 4 members (excludes halogenated alkanes) is 1. The van der Waals surface area contributed by atoms with Crippen molar-refractivity contribution in [3.8, 4) is 0 Å². The molecule has 0 saturated heterocycles. The molecule has 0 aromatic rings. The lowest BCUT2D eigenvalue weighted by atomic mass is 10.1. The molecule has 13 heteroatoms. The van der Waals surface area contributed by atoms with Crippen LogP contribution in [0.3, 0.4) is 0 Å². The molecule has 4 atom stereocenters. The minimum absolute atomic E-state index is 0.120. The van der Waals surface area contributed by atoms with E-state index in [0.29, 0.717) is 19.4 Å². The molecule has 0 aromatic heterocycles. The fraction of sp³-hybridized carbons (Fsp3) is 0.688. The van der Waals surface area contributed by atoms with Crippen LogP contribution in [0.1, 0.15) is 32.6 Å². The van der Waals surface area contributed by atoms with Crippen LogP contribution in [0.5, 0.6) is 0 Å². The molecule has 3 amide bonds. The number of amides is 3. The van der Waals surface area contributed by atoms with Crippen LogP contribution < -0.4 is 27.4 Å². The number of carboxylic acids is 2. The standard InChI is InChI=1S/C16H29N5O8/c1-8(22)13(18)15(27)19-7-11(23)20-9(4-2-3-5-17)14(26)21-10(16(28)29)6-12(24)25/h8-10,13,22H,2-7,17-18H2,1H3,(H,19,27)(H,20,23)(H,21,26)(H,24,25)(H,28,29). The lowest BCUT2D eigenvalue weighted by Crippen LogP contribution is -2.54. The van der Waals surface area contributed by atoms with E-state index < -0.39 is 66.9 Å². The Kier molecular flexibility index (Phi) is 12.1. The van der Waals surface area contributed by atoms with Gasteiger partial charge in [0.05, 0.1) is 19.1 Å². The Bertz CT molecular complexity index is 598. The number of nitrogens with two attached hydrogens (primary N) is 2. The molecule has 0 radical (unpaired) electrons. The third-order valence-electron chi connectivity index (χ3n) is 3.84. The van der Waals surface area contributed by atoms with Gasteiger partial charge in [0, 0.05) is 0 Å². The van der Waals surface area contributed by atoms with Crippen LogP contribution in [0.4, 0.5) is 0 Å². The van der Waals surface area contributed by atoms with Crippen molar-refractivity contribution in [1.82, 2.24) is 16.0 Å². The van der Waals surface area contributed by atoms with Crippen molar-refractivity contribution in [3.63, 3.8) is 0 Å². The van der Waals surface area contributed by atoms with E-state index in [4.69, 9.17) is 21.7 Å². The fourth-order valence-corrected chi connectivity index (χ4v) is 2.16. The highest BCUT2D eigenvalue weighted by molar-refractivity contribution is 5.93. The van der Waals surface area contributed by atoms with Crippen LogP contribution >= 0.6 is 0 Å². The second-order valence-electron chi connectivity index (χ2n) is 6.39. The Morgan fingerprint density at radius 2 is 1.59 bits per heavy atom. The van der Waals surface area contributed by atoms with Gasteiger partial charge in [0.25, 0.3) is 0 Å². The Morgan fingerprint density at radius 1 is 0.966 bits per heavy atom. The molecule has 13 nitrogen and oxygen atoms in total. The summed E-state index contributed by atoms with van der Waals surface area (Å²) < 4.78 is 0. The molecule has 4 unspecified atom stereocenters. The Labute approximate surface area is 167 Å². The number of carbonyl (C=O) groups is 5. The number of hydrogen-bond donors (Lipinski definition) is 8. The lowest BCUT2D eigenvalue weighted by molar-refractivity contribution is -0.147. The predicted octanol–water partition coefficient (Wildman–Crippen LogP) is -3.53. The Morgan fingerprint density at radius 3 is 2.07 bits per heavy atom. The average Bonchev–Trinajstić information content (AvgIpc) is 2.63. The molecule has 0 rings (SSSR count). The zero-order valence-electron chi connectivity index (χ0n) is 16.1. The van der Waals surface area contributed by atoms with Gasteiger partial charge in [-0.2, -0.15) is 0 Å². The molecule has 166 valence electrons. The van der Waals surface area contributed by atoms with Crippen molar-refractivity contribution in [2.45, 2.75) is 56.8 Å². The van der Waals surface area contributed by atoms with Gasteiger partial charge in [0.2, 0.25) is 17.7 Å². The third-order valence-corrected chi connectivity index (χ3v) is 3.84. The average molecular weight is 419 g/mol. The van der Waals surface area contributed by atoms with Gasteiger partial charge >= 0.3 is 11.9 Å². The van der Waals surface area contributed by atoms with E-state index in [1.165, 1.54) is 6.92 Å². The molecule has 0 aliphatic rings. The predicted molar refractivity (Wildman–Crippen MR) is 99.3 cm³/mol. The summed E-state index contributed by atoms with van der Waals surface area (Å²) in [6.45, 7) is 1.11. The van der Waals surface area contributed by atoms with Crippen molar-refractivity contribution < 1.29 is 39.3 Å². The second kappa shape index (κ2) is 13.4.